The van der Waals surface area contributed by atoms with Gasteiger partial charge in [-0.3, -0.25) is 0 Å². The van der Waals surface area contributed by atoms with Crippen LogP contribution in [0.5, 0.6) is 5.88 Å². The van der Waals surface area contributed by atoms with Crippen molar-refractivity contribution < 1.29 is 9.47 Å². The largest absolute Gasteiger partial charge is 0.472 e. The van der Waals surface area contributed by atoms with E-state index in [1.807, 2.05) is 6.92 Å². The molecule has 1 aromatic rings. The Morgan fingerprint density at radius 1 is 1.62 bits per heavy atom. The Labute approximate surface area is 76.9 Å². The van der Waals surface area contributed by atoms with Gasteiger partial charge in [-0.1, -0.05) is 0 Å². The molecule has 1 unspecified atom stereocenters. The van der Waals surface area contributed by atoms with Crippen molar-refractivity contribution in [3.05, 3.63) is 18.1 Å². The first-order chi connectivity index (χ1) is 6.34. The highest BCUT2D eigenvalue weighted by molar-refractivity contribution is 5.08. The highest BCUT2D eigenvalue weighted by Gasteiger charge is 2.17. The van der Waals surface area contributed by atoms with Gasteiger partial charge in [0.15, 0.2) is 0 Å². The van der Waals surface area contributed by atoms with Crippen LogP contribution in [0.4, 0.5) is 0 Å². The molecule has 4 nitrogen and oxygen atoms in total. The predicted octanol–water partition coefficient (Wildman–Crippen LogP) is 0.953. The van der Waals surface area contributed by atoms with Gasteiger partial charge in [0, 0.05) is 18.7 Å². The maximum atomic E-state index is 5.58. The van der Waals surface area contributed by atoms with E-state index in [0.717, 1.165) is 18.9 Å². The molecule has 1 aromatic heterocycles. The number of hydrogen-bond acceptors (Lipinski definition) is 4. The molecule has 0 aliphatic carbocycles. The summed E-state index contributed by atoms with van der Waals surface area (Å²) in [6.07, 6.45) is 2.81. The third kappa shape index (κ3) is 2.15. The van der Waals surface area contributed by atoms with Crippen LogP contribution in [0.1, 0.15) is 12.2 Å². The summed E-state index contributed by atoms with van der Waals surface area (Å²) in [6, 6.07) is 1.77. The van der Waals surface area contributed by atoms with Crippen molar-refractivity contribution in [3.63, 3.8) is 0 Å². The molecule has 1 aliphatic heterocycles. The normalized spacial score (nSPS) is 21.8. The molecule has 0 spiro atoms. The fourth-order valence-electron chi connectivity index (χ4n) is 1.28. The summed E-state index contributed by atoms with van der Waals surface area (Å²) >= 11 is 0. The van der Waals surface area contributed by atoms with Gasteiger partial charge in [-0.05, 0) is 6.92 Å². The average Bonchev–Trinajstić information content (AvgIpc) is 2.57. The van der Waals surface area contributed by atoms with Gasteiger partial charge >= 0.3 is 0 Å². The van der Waals surface area contributed by atoms with Crippen molar-refractivity contribution in [2.45, 2.75) is 19.4 Å². The van der Waals surface area contributed by atoms with Crippen molar-refractivity contribution in [2.75, 3.05) is 13.2 Å². The molecular formula is C9H12N2O2. The van der Waals surface area contributed by atoms with E-state index in [1.54, 1.807) is 12.3 Å². The molecule has 0 N–H and O–H groups in total. The Kier molecular flexibility index (Phi) is 2.40. The van der Waals surface area contributed by atoms with Gasteiger partial charge in [-0.25, -0.2) is 4.98 Å². The van der Waals surface area contributed by atoms with E-state index in [9.17, 15) is 0 Å². The molecule has 2 heterocycles. The fourth-order valence-corrected chi connectivity index (χ4v) is 1.28. The van der Waals surface area contributed by atoms with Gasteiger partial charge < -0.3 is 9.47 Å². The fraction of sp³-hybridized carbons (Fsp3) is 0.556. The first-order valence-corrected chi connectivity index (χ1v) is 4.38. The zero-order valence-electron chi connectivity index (χ0n) is 7.56. The molecule has 0 saturated carbocycles. The smallest absolute Gasteiger partial charge is 0.216 e. The summed E-state index contributed by atoms with van der Waals surface area (Å²) in [4.78, 5) is 8.14. The molecule has 1 aliphatic rings. The van der Waals surface area contributed by atoms with Crippen molar-refractivity contribution in [1.82, 2.24) is 9.97 Å². The first-order valence-electron chi connectivity index (χ1n) is 4.38. The molecule has 0 radical (unpaired) electrons. The van der Waals surface area contributed by atoms with Crippen LogP contribution in [0.2, 0.25) is 0 Å². The van der Waals surface area contributed by atoms with Crippen LogP contribution < -0.4 is 4.74 Å². The van der Waals surface area contributed by atoms with Gasteiger partial charge in [-0.2, -0.15) is 4.98 Å². The second-order valence-corrected chi connectivity index (χ2v) is 3.05. The van der Waals surface area contributed by atoms with Crippen LogP contribution in [0, 0.1) is 6.92 Å². The van der Waals surface area contributed by atoms with E-state index in [4.69, 9.17) is 9.47 Å². The van der Waals surface area contributed by atoms with Crippen LogP contribution in [-0.4, -0.2) is 29.3 Å². The lowest BCUT2D eigenvalue weighted by Gasteiger charge is -2.10. The van der Waals surface area contributed by atoms with Crippen LogP contribution in [0.15, 0.2) is 12.3 Å². The summed E-state index contributed by atoms with van der Waals surface area (Å²) in [6.45, 7) is 3.30. The van der Waals surface area contributed by atoms with Crippen molar-refractivity contribution >= 4 is 0 Å². The molecule has 1 saturated heterocycles. The minimum Gasteiger partial charge on any atom is -0.472 e. The van der Waals surface area contributed by atoms with Gasteiger partial charge in [-0.15, -0.1) is 0 Å². The number of hydrogen-bond donors (Lipinski definition) is 0. The number of nitrogens with zero attached hydrogens (tertiary/aromatic N) is 2. The lowest BCUT2D eigenvalue weighted by atomic mass is 10.3. The summed E-state index contributed by atoms with van der Waals surface area (Å²) in [5, 5.41) is 0. The Morgan fingerprint density at radius 2 is 2.54 bits per heavy atom. The zero-order valence-corrected chi connectivity index (χ0v) is 7.56. The van der Waals surface area contributed by atoms with Gasteiger partial charge in [0.1, 0.15) is 11.9 Å². The molecule has 0 amide bonds. The molecule has 1 atom stereocenters. The molecule has 70 valence electrons. The first kappa shape index (κ1) is 8.44. The van der Waals surface area contributed by atoms with E-state index in [0.29, 0.717) is 12.5 Å². The van der Waals surface area contributed by atoms with Crippen molar-refractivity contribution in [1.29, 1.82) is 0 Å². The minimum absolute atomic E-state index is 0.161. The zero-order chi connectivity index (χ0) is 9.10. The molecule has 0 aromatic carbocycles. The maximum absolute atomic E-state index is 5.58. The Hall–Kier alpha value is -1.16. The Balaban J connectivity index is 2.00. The SMILES string of the molecule is Cc1nccc(OC2CCOC2)n1. The standard InChI is InChI=1S/C9H12N2O2/c1-7-10-4-2-9(11-7)13-8-3-5-12-6-8/h2,4,8H,3,5-6H2,1H3. The van der Waals surface area contributed by atoms with Crippen LogP contribution in [0.25, 0.3) is 0 Å². The highest BCUT2D eigenvalue weighted by atomic mass is 16.5. The lowest BCUT2D eigenvalue weighted by Crippen LogP contribution is -2.16. The van der Waals surface area contributed by atoms with E-state index >= 15 is 0 Å². The number of ether oxygens (including phenoxy) is 2. The van der Waals surface area contributed by atoms with Gasteiger partial charge in [0.25, 0.3) is 0 Å². The quantitative estimate of drug-likeness (QED) is 0.679. The van der Waals surface area contributed by atoms with Crippen LogP contribution in [-0.2, 0) is 4.74 Å². The topological polar surface area (TPSA) is 44.2 Å². The minimum atomic E-state index is 0.161. The molecular weight excluding hydrogens is 168 g/mol. The second kappa shape index (κ2) is 3.70. The average molecular weight is 180 g/mol. The summed E-state index contributed by atoms with van der Waals surface area (Å²) < 4.78 is 10.8. The molecule has 0 bridgehead atoms. The molecule has 2 rings (SSSR count). The number of rotatable bonds is 2. The van der Waals surface area contributed by atoms with E-state index in [2.05, 4.69) is 9.97 Å². The van der Waals surface area contributed by atoms with E-state index < -0.39 is 0 Å². The van der Waals surface area contributed by atoms with Crippen LogP contribution >= 0.6 is 0 Å². The Bertz CT molecular complexity index is 285. The molecule has 1 fully saturated rings. The van der Waals surface area contributed by atoms with Crippen molar-refractivity contribution in [3.8, 4) is 5.88 Å². The van der Waals surface area contributed by atoms with E-state index in [1.165, 1.54) is 0 Å². The summed E-state index contributed by atoms with van der Waals surface area (Å²) in [7, 11) is 0. The van der Waals surface area contributed by atoms with Crippen molar-refractivity contribution in [2.24, 2.45) is 0 Å². The predicted molar refractivity (Wildman–Crippen MR) is 46.6 cm³/mol. The maximum Gasteiger partial charge on any atom is 0.216 e. The molecule has 13 heavy (non-hydrogen) atoms. The monoisotopic (exact) mass is 180 g/mol. The molecule has 4 heteroatoms. The summed E-state index contributed by atoms with van der Waals surface area (Å²) in [5.41, 5.74) is 0. The highest BCUT2D eigenvalue weighted by Crippen LogP contribution is 2.13. The lowest BCUT2D eigenvalue weighted by molar-refractivity contribution is 0.138. The van der Waals surface area contributed by atoms with E-state index in [-0.39, 0.29) is 6.10 Å². The van der Waals surface area contributed by atoms with Gasteiger partial charge in [0.2, 0.25) is 5.88 Å². The van der Waals surface area contributed by atoms with Gasteiger partial charge in [0.05, 0.1) is 13.2 Å². The van der Waals surface area contributed by atoms with Crippen LogP contribution in [0.3, 0.4) is 0 Å². The number of aryl methyl sites for hydroxylation is 1. The summed E-state index contributed by atoms with van der Waals surface area (Å²) in [5.74, 6) is 1.37. The third-order valence-electron chi connectivity index (χ3n) is 1.93. The Morgan fingerprint density at radius 3 is 3.23 bits per heavy atom. The number of aromatic nitrogens is 2. The second-order valence-electron chi connectivity index (χ2n) is 3.05. The third-order valence-corrected chi connectivity index (χ3v) is 1.93.